The van der Waals surface area contributed by atoms with Crippen LogP contribution < -0.4 is 26.0 Å². The number of hydrogen-bond acceptors (Lipinski definition) is 11. The molecular formula is C34H34F3N5O9. The number of unbranched alkanes of at least 4 members (excludes halogenated alkanes) is 1. The summed E-state index contributed by atoms with van der Waals surface area (Å²) >= 11 is 0. The van der Waals surface area contributed by atoms with E-state index in [1.807, 2.05) is 6.07 Å². The zero-order valence-corrected chi connectivity index (χ0v) is 27.2. The van der Waals surface area contributed by atoms with E-state index >= 15 is 0 Å². The molecule has 1 unspecified atom stereocenters. The Balaban J connectivity index is 0.000000755. The van der Waals surface area contributed by atoms with E-state index in [9.17, 15) is 37.1 Å². The van der Waals surface area contributed by atoms with E-state index in [1.54, 1.807) is 54.7 Å². The van der Waals surface area contributed by atoms with Gasteiger partial charge >= 0.3 is 18.1 Å². The van der Waals surface area contributed by atoms with Gasteiger partial charge in [-0.1, -0.05) is 18.2 Å². The molecule has 51 heavy (non-hydrogen) atoms. The summed E-state index contributed by atoms with van der Waals surface area (Å²) in [6.45, 7) is 0.298. The summed E-state index contributed by atoms with van der Waals surface area (Å²) in [5.74, 6) is -3.16. The van der Waals surface area contributed by atoms with Crippen LogP contribution in [0.3, 0.4) is 0 Å². The van der Waals surface area contributed by atoms with Gasteiger partial charge in [-0.2, -0.15) is 13.2 Å². The second kappa shape index (κ2) is 15.8. The number of amides is 2. The molecule has 2 amide bonds. The summed E-state index contributed by atoms with van der Waals surface area (Å²) in [6, 6.07) is 15.9. The fraction of sp³-hybridized carbons (Fsp3) is 0.324. The Bertz CT molecular complexity index is 1800. The third kappa shape index (κ3) is 8.49. The Morgan fingerprint density at radius 3 is 2.37 bits per heavy atom. The maximum atomic E-state index is 13.2. The van der Waals surface area contributed by atoms with Crippen LogP contribution in [-0.2, 0) is 41.6 Å². The van der Waals surface area contributed by atoms with Gasteiger partial charge in [0, 0.05) is 24.7 Å². The Labute approximate surface area is 289 Å². The van der Waals surface area contributed by atoms with Crippen molar-refractivity contribution in [2.24, 2.45) is 0 Å². The largest absolute Gasteiger partial charge is 0.490 e. The molecule has 2 aromatic carbocycles. The Morgan fingerprint density at radius 1 is 1.08 bits per heavy atom. The number of nitrogens with zero attached hydrogens (tertiary/aromatic N) is 2. The number of aromatic nitrogens is 1. The lowest BCUT2D eigenvalue weighted by Crippen LogP contribution is -2.39. The molecular weight excluding hydrogens is 679 g/mol. The molecule has 0 radical (unpaired) electrons. The van der Waals surface area contributed by atoms with Gasteiger partial charge in [0.25, 0.3) is 11.8 Å². The molecule has 2 atom stereocenters. The van der Waals surface area contributed by atoms with Gasteiger partial charge in [-0.05, 0) is 66.8 Å². The first kappa shape index (κ1) is 38.0. The molecule has 2 aliphatic rings. The number of nitrogen functional groups attached to an aromatic ring is 1. The highest BCUT2D eigenvalue weighted by Gasteiger charge is 2.72. The number of carboxylic acids is 1. The maximum Gasteiger partial charge on any atom is 0.490 e. The number of aryl methyl sites for hydroxylation is 1. The number of benzene rings is 2. The number of halogens is 3. The van der Waals surface area contributed by atoms with E-state index in [0.717, 1.165) is 18.4 Å². The van der Waals surface area contributed by atoms with Crippen LogP contribution in [0.4, 0.5) is 30.4 Å². The van der Waals surface area contributed by atoms with Crippen LogP contribution in [0.2, 0.25) is 0 Å². The third-order valence-corrected chi connectivity index (χ3v) is 8.30. The number of methoxy groups -OCH3 is 1. The normalized spacial score (nSPS) is 19.3. The van der Waals surface area contributed by atoms with Crippen molar-refractivity contribution in [3.63, 3.8) is 0 Å². The fourth-order valence-corrected chi connectivity index (χ4v) is 5.64. The number of aldehydes is 2. The van der Waals surface area contributed by atoms with E-state index in [4.69, 9.17) is 25.1 Å². The molecule has 1 fully saturated rings. The van der Waals surface area contributed by atoms with Crippen LogP contribution in [0.1, 0.15) is 40.7 Å². The van der Waals surface area contributed by atoms with Crippen LogP contribution in [-0.4, -0.2) is 83.9 Å². The number of hydrogen-bond donors (Lipinski definition) is 4. The average molecular weight is 714 g/mol. The second-order valence-corrected chi connectivity index (χ2v) is 11.6. The molecule has 0 aliphatic carbocycles. The van der Waals surface area contributed by atoms with Gasteiger partial charge < -0.3 is 35.2 Å². The number of fused-ring (bicyclic) bond motifs is 1. The van der Waals surface area contributed by atoms with E-state index in [1.165, 1.54) is 12.0 Å². The highest BCUT2D eigenvalue weighted by Crippen LogP contribution is 2.43. The lowest BCUT2D eigenvalue weighted by Gasteiger charge is -2.23. The minimum absolute atomic E-state index is 0.0983. The predicted molar refractivity (Wildman–Crippen MR) is 174 cm³/mol. The molecule has 3 aromatic rings. The van der Waals surface area contributed by atoms with E-state index in [-0.39, 0.29) is 31.2 Å². The standard InChI is InChI=1S/C32H33N5O7.C2HF3O2/c1-43-30(42)32(31(20-39,36-32)13-15-38)18-22-7-10-23(11-8-22)37-25-12-9-21(17-24(25)29(41)35-19-27(37)40)5-2-3-16-44-26-6-4-14-34-28(26)33;3-2(4,5)1(6)7/h4,6-12,14-15,17,20,36H,2-3,5,13,16,18-19H2,1H3,(H2,33,34)(H,35,41);(H,6,7)/t31?,32-;/m0./s1. The number of esters is 1. The van der Waals surface area contributed by atoms with Crippen LogP contribution in [0.5, 0.6) is 5.75 Å². The average Bonchev–Trinajstić information content (AvgIpc) is 3.78. The van der Waals surface area contributed by atoms with Gasteiger partial charge in [-0.15, -0.1) is 0 Å². The van der Waals surface area contributed by atoms with Crippen molar-refractivity contribution in [3.05, 3.63) is 77.5 Å². The second-order valence-electron chi connectivity index (χ2n) is 11.6. The van der Waals surface area contributed by atoms with Crippen LogP contribution >= 0.6 is 0 Å². The van der Waals surface area contributed by atoms with Gasteiger partial charge in [0.1, 0.15) is 23.7 Å². The molecule has 0 saturated carbocycles. The number of carbonyl (C=O) groups excluding carboxylic acids is 5. The van der Waals surface area contributed by atoms with Gasteiger partial charge in [0.2, 0.25) is 0 Å². The molecule has 14 nitrogen and oxygen atoms in total. The fourth-order valence-electron chi connectivity index (χ4n) is 5.64. The lowest BCUT2D eigenvalue weighted by atomic mass is 9.86. The SMILES string of the molecule is COC(=O)[C@]1(Cc2ccc(N3C(=O)CNC(=O)c4cc(CCCCOc5cccnc5N)ccc43)cc2)NC1(C=O)CC=O.O=C(O)C(F)(F)F. The number of aliphatic carboxylic acids is 1. The number of nitrogens with one attached hydrogen (secondary N) is 2. The summed E-state index contributed by atoms with van der Waals surface area (Å²) in [6.07, 6.45) is -0.0996. The molecule has 5 rings (SSSR count). The number of carbonyl (C=O) groups is 6. The summed E-state index contributed by atoms with van der Waals surface area (Å²) in [4.78, 5) is 76.2. The van der Waals surface area contributed by atoms with Crippen molar-refractivity contribution >= 4 is 53.5 Å². The zero-order valence-electron chi connectivity index (χ0n) is 27.2. The van der Waals surface area contributed by atoms with Crippen LogP contribution in [0.25, 0.3) is 0 Å². The maximum absolute atomic E-state index is 13.2. The Kier molecular flexibility index (Phi) is 11.8. The lowest BCUT2D eigenvalue weighted by molar-refractivity contribution is -0.192. The smallest absolute Gasteiger partial charge is 0.490 e. The number of nitrogens with two attached hydrogens (primary N) is 1. The van der Waals surface area contributed by atoms with Crippen molar-refractivity contribution < 1.29 is 56.5 Å². The van der Waals surface area contributed by atoms with Crippen LogP contribution in [0, 0.1) is 0 Å². The van der Waals surface area contributed by atoms with E-state index in [0.29, 0.717) is 59.7 Å². The molecule has 0 bridgehead atoms. The molecule has 5 N–H and O–H groups in total. The number of pyridine rings is 1. The van der Waals surface area contributed by atoms with Crippen molar-refractivity contribution in [2.45, 2.75) is 49.4 Å². The minimum Gasteiger partial charge on any atom is -0.490 e. The molecule has 2 aliphatic heterocycles. The van der Waals surface area contributed by atoms with Crippen LogP contribution in [0.15, 0.2) is 60.8 Å². The predicted octanol–water partition coefficient (Wildman–Crippen LogP) is 2.69. The van der Waals surface area contributed by atoms with Gasteiger partial charge in [-0.25, -0.2) is 14.6 Å². The van der Waals surface area contributed by atoms with E-state index < -0.39 is 29.2 Å². The number of alkyl halides is 3. The highest BCUT2D eigenvalue weighted by molar-refractivity contribution is 6.13. The van der Waals surface area contributed by atoms with E-state index in [2.05, 4.69) is 15.6 Å². The summed E-state index contributed by atoms with van der Waals surface area (Å²) < 4.78 is 42.4. The Morgan fingerprint density at radius 2 is 1.76 bits per heavy atom. The minimum atomic E-state index is -5.08. The first-order valence-electron chi connectivity index (χ1n) is 15.5. The van der Waals surface area contributed by atoms with Crippen molar-refractivity contribution in [1.82, 2.24) is 15.6 Å². The number of anilines is 3. The molecule has 0 spiro atoms. The number of rotatable bonds is 13. The number of ether oxygens (including phenoxy) is 2. The first-order valence-corrected chi connectivity index (χ1v) is 15.5. The monoisotopic (exact) mass is 713 g/mol. The Hall–Kier alpha value is -5.84. The molecule has 270 valence electrons. The summed E-state index contributed by atoms with van der Waals surface area (Å²) in [7, 11) is 1.22. The van der Waals surface area contributed by atoms with Gasteiger partial charge in [-0.3, -0.25) is 19.8 Å². The van der Waals surface area contributed by atoms with Crippen molar-refractivity contribution in [1.29, 1.82) is 0 Å². The summed E-state index contributed by atoms with van der Waals surface area (Å²) in [5, 5.41) is 12.7. The first-order chi connectivity index (χ1) is 24.2. The van der Waals surface area contributed by atoms with Gasteiger partial charge in [0.05, 0.1) is 31.5 Å². The molecule has 1 saturated heterocycles. The highest BCUT2D eigenvalue weighted by atomic mass is 19.4. The molecule has 17 heteroatoms. The van der Waals surface area contributed by atoms with Crippen molar-refractivity contribution in [2.75, 3.05) is 30.9 Å². The number of carboxylic acid groups (broad SMARTS) is 1. The van der Waals surface area contributed by atoms with Crippen molar-refractivity contribution in [3.8, 4) is 5.75 Å². The zero-order chi connectivity index (χ0) is 37.4. The quantitative estimate of drug-likeness (QED) is 0.0870. The summed E-state index contributed by atoms with van der Waals surface area (Å²) in [5.41, 5.74) is 6.12. The topological polar surface area (TPSA) is 217 Å². The molecule has 3 heterocycles. The molecule has 1 aromatic heterocycles. The third-order valence-electron chi connectivity index (χ3n) is 8.30. The van der Waals surface area contributed by atoms with Gasteiger partial charge in [0.15, 0.2) is 11.6 Å².